The predicted octanol–water partition coefficient (Wildman–Crippen LogP) is 1.91. The summed E-state index contributed by atoms with van der Waals surface area (Å²) in [6.07, 6.45) is 1.21. The van der Waals surface area contributed by atoms with Crippen LogP contribution in [-0.2, 0) is 16.7 Å². The fourth-order valence-electron chi connectivity index (χ4n) is 2.32. The Kier molecular flexibility index (Phi) is 4.88. The molecule has 0 bridgehead atoms. The van der Waals surface area contributed by atoms with Gasteiger partial charge in [-0.2, -0.15) is 18.5 Å². The maximum absolute atomic E-state index is 11.0. The van der Waals surface area contributed by atoms with Crippen LogP contribution in [0.1, 0.15) is 11.3 Å². The van der Waals surface area contributed by atoms with E-state index < -0.39 is 15.2 Å². The van der Waals surface area contributed by atoms with Crippen molar-refractivity contribution in [3.05, 3.63) is 53.8 Å². The number of fused-ring (bicyclic) bond motifs is 1. The first-order valence-electron chi connectivity index (χ1n) is 8.13. The lowest BCUT2D eigenvalue weighted by atomic mass is 10.2. The molecule has 0 spiro atoms. The quantitative estimate of drug-likeness (QED) is 0.229. The molecule has 0 amide bonds. The normalized spacial score (nSPS) is 11.9. The SMILES string of the molecule is O=S(=O)(O)c1ccc(C=NNc2nc3nonc3nc2NCc2ccccc2)o1. The van der Waals surface area contributed by atoms with Gasteiger partial charge in [0.15, 0.2) is 11.6 Å². The predicted molar refractivity (Wildman–Crippen MR) is 101 cm³/mol. The standard InChI is InChI=1S/C16H13N7O5S/c24-29(25,26)12-7-6-11(27-12)9-18-21-14-13(17-8-10-4-2-1-3-5-10)19-15-16(20-14)23-28-22-15/h1-7,9H,8H2,(H,17,19,22)(H,20,21,23)(H,24,25,26). The third kappa shape index (κ3) is 4.36. The zero-order valence-electron chi connectivity index (χ0n) is 14.6. The lowest BCUT2D eigenvalue weighted by molar-refractivity contribution is 0.314. The van der Waals surface area contributed by atoms with Crippen molar-refractivity contribution in [2.24, 2.45) is 5.10 Å². The Labute approximate surface area is 163 Å². The van der Waals surface area contributed by atoms with E-state index in [-0.39, 0.29) is 22.9 Å². The van der Waals surface area contributed by atoms with E-state index in [0.29, 0.717) is 12.4 Å². The molecule has 0 saturated carbocycles. The van der Waals surface area contributed by atoms with Gasteiger partial charge in [-0.05, 0) is 28.0 Å². The molecular formula is C16H13N7O5S. The molecule has 4 rings (SSSR count). The second kappa shape index (κ2) is 7.65. The van der Waals surface area contributed by atoms with Crippen molar-refractivity contribution in [2.75, 3.05) is 10.7 Å². The van der Waals surface area contributed by atoms with E-state index in [4.69, 9.17) is 8.97 Å². The molecule has 3 N–H and O–H groups in total. The van der Waals surface area contributed by atoms with E-state index in [2.05, 4.69) is 40.8 Å². The van der Waals surface area contributed by atoms with Crippen molar-refractivity contribution in [2.45, 2.75) is 11.6 Å². The molecule has 0 unspecified atom stereocenters. The Morgan fingerprint density at radius 3 is 2.45 bits per heavy atom. The smallest absolute Gasteiger partial charge is 0.328 e. The van der Waals surface area contributed by atoms with Crippen LogP contribution >= 0.6 is 0 Å². The van der Waals surface area contributed by atoms with Crippen LogP contribution in [0.25, 0.3) is 11.3 Å². The number of hydrazone groups is 1. The van der Waals surface area contributed by atoms with Crippen LogP contribution in [0, 0.1) is 0 Å². The molecule has 3 aromatic heterocycles. The van der Waals surface area contributed by atoms with Crippen LogP contribution < -0.4 is 10.7 Å². The molecule has 3 heterocycles. The van der Waals surface area contributed by atoms with Crippen molar-refractivity contribution >= 4 is 39.3 Å². The first kappa shape index (κ1) is 18.5. The van der Waals surface area contributed by atoms with Gasteiger partial charge in [-0.25, -0.2) is 9.61 Å². The molecule has 0 aliphatic carbocycles. The van der Waals surface area contributed by atoms with Gasteiger partial charge >= 0.3 is 10.1 Å². The van der Waals surface area contributed by atoms with Crippen LogP contribution in [0.2, 0.25) is 0 Å². The molecule has 1 aromatic carbocycles. The lowest BCUT2D eigenvalue weighted by Gasteiger charge is -2.09. The lowest BCUT2D eigenvalue weighted by Crippen LogP contribution is -2.06. The Morgan fingerprint density at radius 2 is 1.76 bits per heavy atom. The third-order valence-electron chi connectivity index (χ3n) is 3.64. The van der Waals surface area contributed by atoms with Gasteiger partial charge in [0.2, 0.25) is 16.4 Å². The van der Waals surface area contributed by atoms with Gasteiger partial charge in [-0.3, -0.25) is 9.98 Å². The molecule has 0 saturated heterocycles. The second-order valence-corrected chi connectivity index (χ2v) is 7.03. The summed E-state index contributed by atoms with van der Waals surface area (Å²) < 4.78 is 40.6. The molecule has 148 valence electrons. The number of nitrogens with zero attached hydrogens (tertiary/aromatic N) is 5. The monoisotopic (exact) mass is 415 g/mol. The van der Waals surface area contributed by atoms with Crippen molar-refractivity contribution < 1.29 is 22.0 Å². The minimum Gasteiger partial charge on any atom is -0.441 e. The Morgan fingerprint density at radius 1 is 1.03 bits per heavy atom. The maximum atomic E-state index is 11.0. The number of aromatic nitrogens is 4. The van der Waals surface area contributed by atoms with Crippen molar-refractivity contribution in [1.29, 1.82) is 0 Å². The maximum Gasteiger partial charge on any atom is 0.328 e. The fraction of sp³-hybridized carbons (Fsp3) is 0.0625. The zero-order valence-corrected chi connectivity index (χ0v) is 15.4. The molecule has 0 aliphatic heterocycles. The number of benzene rings is 1. The number of hydrogen-bond acceptors (Lipinski definition) is 11. The van der Waals surface area contributed by atoms with E-state index in [1.54, 1.807) is 0 Å². The molecule has 0 atom stereocenters. The number of nitrogens with one attached hydrogen (secondary N) is 2. The molecule has 0 radical (unpaired) electrons. The molecule has 0 fully saturated rings. The largest absolute Gasteiger partial charge is 0.441 e. The first-order chi connectivity index (χ1) is 14.0. The molecule has 4 aromatic rings. The molecule has 29 heavy (non-hydrogen) atoms. The summed E-state index contributed by atoms with van der Waals surface area (Å²) in [4.78, 5) is 8.54. The van der Waals surface area contributed by atoms with E-state index in [1.807, 2.05) is 30.3 Å². The highest BCUT2D eigenvalue weighted by Crippen LogP contribution is 2.20. The van der Waals surface area contributed by atoms with Gasteiger partial charge in [0.25, 0.3) is 0 Å². The van der Waals surface area contributed by atoms with Gasteiger partial charge in [0.05, 0.1) is 6.21 Å². The molecule has 12 nitrogen and oxygen atoms in total. The third-order valence-corrected chi connectivity index (χ3v) is 4.36. The van der Waals surface area contributed by atoms with Gasteiger partial charge in [0.1, 0.15) is 5.76 Å². The summed E-state index contributed by atoms with van der Waals surface area (Å²) >= 11 is 0. The van der Waals surface area contributed by atoms with Crippen LogP contribution in [-0.4, -0.2) is 39.5 Å². The average molecular weight is 415 g/mol. The second-order valence-electron chi connectivity index (χ2n) is 5.67. The fourth-order valence-corrected chi connectivity index (χ4v) is 2.76. The van der Waals surface area contributed by atoms with E-state index in [9.17, 15) is 8.42 Å². The highest BCUT2D eigenvalue weighted by Gasteiger charge is 2.15. The van der Waals surface area contributed by atoms with Crippen LogP contribution in [0.4, 0.5) is 11.6 Å². The molecule has 0 aliphatic rings. The minimum absolute atomic E-state index is 0.0982. The summed E-state index contributed by atoms with van der Waals surface area (Å²) in [5, 5.41) is 13.8. The van der Waals surface area contributed by atoms with Gasteiger partial charge in [-0.1, -0.05) is 30.3 Å². The molecule has 13 heteroatoms. The van der Waals surface area contributed by atoms with E-state index in [0.717, 1.165) is 11.6 Å². The number of furan rings is 1. The van der Waals surface area contributed by atoms with Gasteiger partial charge in [0, 0.05) is 6.54 Å². The highest BCUT2D eigenvalue weighted by molar-refractivity contribution is 7.85. The number of anilines is 2. The topological polar surface area (TPSA) is 169 Å². The van der Waals surface area contributed by atoms with Crippen LogP contribution in [0.3, 0.4) is 0 Å². The van der Waals surface area contributed by atoms with Gasteiger partial charge < -0.3 is 9.73 Å². The summed E-state index contributed by atoms with van der Waals surface area (Å²) in [5.41, 5.74) is 4.10. The van der Waals surface area contributed by atoms with E-state index >= 15 is 0 Å². The summed E-state index contributed by atoms with van der Waals surface area (Å²) in [5.74, 6) is 0.690. The molecular weight excluding hydrogens is 402 g/mol. The average Bonchev–Trinajstić information content (AvgIpc) is 3.36. The van der Waals surface area contributed by atoms with Crippen molar-refractivity contribution in [1.82, 2.24) is 20.3 Å². The number of rotatable bonds is 7. The minimum atomic E-state index is -4.42. The first-order valence-corrected chi connectivity index (χ1v) is 9.57. The van der Waals surface area contributed by atoms with Crippen molar-refractivity contribution in [3.63, 3.8) is 0 Å². The zero-order chi connectivity index (χ0) is 20.3. The van der Waals surface area contributed by atoms with E-state index in [1.165, 1.54) is 12.3 Å². The number of hydrogen-bond donors (Lipinski definition) is 3. The summed E-state index contributed by atoms with van der Waals surface area (Å²) in [6.45, 7) is 0.473. The Balaban J connectivity index is 1.54. The van der Waals surface area contributed by atoms with Crippen molar-refractivity contribution in [3.8, 4) is 0 Å². The van der Waals surface area contributed by atoms with Crippen LogP contribution in [0.5, 0.6) is 0 Å². The Hall–Kier alpha value is -3.84. The Bertz CT molecular complexity index is 1270. The van der Waals surface area contributed by atoms with Gasteiger partial charge in [-0.15, -0.1) is 0 Å². The summed E-state index contributed by atoms with van der Waals surface area (Å²) in [6, 6.07) is 12.1. The van der Waals surface area contributed by atoms with Crippen LogP contribution in [0.15, 0.2) is 61.7 Å². The summed E-state index contributed by atoms with van der Waals surface area (Å²) in [7, 11) is -4.42. The highest BCUT2D eigenvalue weighted by atomic mass is 32.2.